The predicted octanol–water partition coefficient (Wildman–Crippen LogP) is 2.18. The second-order valence-electron chi connectivity index (χ2n) is 7.36. The van der Waals surface area contributed by atoms with Crippen molar-refractivity contribution in [3.8, 4) is 0 Å². The van der Waals surface area contributed by atoms with Gasteiger partial charge in [-0.2, -0.15) is 0 Å². The fourth-order valence-corrected chi connectivity index (χ4v) is 4.40. The lowest BCUT2D eigenvalue weighted by atomic mass is 10.1. The molecule has 0 saturated carbocycles. The molecule has 1 fully saturated rings. The molecule has 1 N–H and O–H groups in total. The summed E-state index contributed by atoms with van der Waals surface area (Å²) in [4.78, 5) is 73.9. The Hall–Kier alpha value is -4.39. The molecule has 0 aliphatic carbocycles. The van der Waals surface area contributed by atoms with Crippen LogP contribution < -0.4 is 5.32 Å². The number of nitrogens with zero attached hydrogens (tertiary/aromatic N) is 3. The van der Waals surface area contributed by atoms with Gasteiger partial charge in [0.05, 0.1) is 15.4 Å². The molecule has 4 rings (SSSR count). The van der Waals surface area contributed by atoms with Crippen molar-refractivity contribution in [2.45, 2.75) is 0 Å². The third kappa shape index (κ3) is 4.53. The van der Waals surface area contributed by atoms with Crippen LogP contribution in [0.2, 0.25) is 0 Å². The average Bonchev–Trinajstić information content (AvgIpc) is 3.22. The number of nitro groups is 1. The number of fused-ring (bicyclic) bond motifs is 1. The summed E-state index contributed by atoms with van der Waals surface area (Å²) in [5.74, 6) is -3.77. The maximum Gasteiger partial charge on any atom is 0.293 e. The molecule has 2 aliphatic heterocycles. The number of nitrogens with one attached hydrogen (secondary N) is 1. The van der Waals surface area contributed by atoms with Crippen molar-refractivity contribution in [3.05, 3.63) is 80.0 Å². The Morgan fingerprint density at radius 3 is 2.49 bits per heavy atom. The van der Waals surface area contributed by atoms with Crippen molar-refractivity contribution in [1.29, 1.82) is 0 Å². The Morgan fingerprint density at radius 2 is 1.77 bits per heavy atom. The molecule has 11 nitrogen and oxygen atoms in total. The van der Waals surface area contributed by atoms with Crippen molar-refractivity contribution >= 4 is 52.4 Å². The first-order valence-corrected chi connectivity index (χ1v) is 10.9. The van der Waals surface area contributed by atoms with Crippen molar-refractivity contribution in [2.75, 3.05) is 19.6 Å². The van der Waals surface area contributed by atoms with Crippen LogP contribution >= 0.6 is 11.8 Å². The highest BCUT2D eigenvalue weighted by molar-refractivity contribution is 8.18. The number of rotatable bonds is 7. The summed E-state index contributed by atoms with van der Waals surface area (Å²) in [5.41, 5.74) is -0.940. The van der Waals surface area contributed by atoms with Crippen molar-refractivity contribution in [3.63, 3.8) is 0 Å². The van der Waals surface area contributed by atoms with Crippen molar-refractivity contribution in [1.82, 2.24) is 15.1 Å². The molecular formula is C22H15FN4O7S. The molecule has 0 unspecified atom stereocenters. The monoisotopic (exact) mass is 498 g/mol. The molecule has 0 aromatic heterocycles. The van der Waals surface area contributed by atoms with Crippen molar-refractivity contribution in [2.24, 2.45) is 0 Å². The number of benzene rings is 2. The summed E-state index contributed by atoms with van der Waals surface area (Å²) < 4.78 is 13.8. The Morgan fingerprint density at radius 1 is 1.03 bits per heavy atom. The highest BCUT2D eigenvalue weighted by Gasteiger charge is 2.41. The molecule has 35 heavy (non-hydrogen) atoms. The third-order valence-electron chi connectivity index (χ3n) is 5.20. The molecular weight excluding hydrogens is 483 g/mol. The first-order chi connectivity index (χ1) is 16.7. The summed E-state index contributed by atoms with van der Waals surface area (Å²) in [7, 11) is 0. The fraction of sp³-hybridized carbons (Fsp3) is 0.136. The molecule has 5 amide bonds. The van der Waals surface area contributed by atoms with Gasteiger partial charge in [0.25, 0.3) is 28.6 Å². The normalized spacial score (nSPS) is 16.3. The zero-order valence-electron chi connectivity index (χ0n) is 17.7. The van der Waals surface area contributed by atoms with E-state index in [1.54, 1.807) is 6.07 Å². The van der Waals surface area contributed by atoms with Crippen LogP contribution in [-0.2, 0) is 9.59 Å². The minimum Gasteiger partial charge on any atom is -0.353 e. The number of carbonyl (C=O) groups excluding carboxylic acids is 5. The van der Waals surface area contributed by atoms with Crippen molar-refractivity contribution < 1.29 is 33.3 Å². The average molecular weight is 498 g/mol. The van der Waals surface area contributed by atoms with E-state index >= 15 is 0 Å². The van der Waals surface area contributed by atoms with E-state index in [1.807, 2.05) is 0 Å². The smallest absolute Gasteiger partial charge is 0.293 e. The van der Waals surface area contributed by atoms with Gasteiger partial charge in [-0.25, -0.2) is 4.39 Å². The number of thioether (sulfide) groups is 1. The summed E-state index contributed by atoms with van der Waals surface area (Å²) in [5, 5.41) is 13.0. The molecule has 2 aromatic carbocycles. The largest absolute Gasteiger partial charge is 0.353 e. The Bertz CT molecular complexity index is 1340. The van der Waals surface area contributed by atoms with E-state index in [-0.39, 0.29) is 34.7 Å². The topological polar surface area (TPSA) is 147 Å². The Kier molecular flexibility index (Phi) is 6.42. The summed E-state index contributed by atoms with van der Waals surface area (Å²) >= 11 is 0.634. The quantitative estimate of drug-likeness (QED) is 0.264. The van der Waals surface area contributed by atoms with Crippen LogP contribution in [0.1, 0.15) is 26.3 Å². The summed E-state index contributed by atoms with van der Waals surface area (Å²) in [6, 6.07) is 9.36. The molecule has 2 aromatic rings. The molecule has 0 bridgehead atoms. The van der Waals surface area contributed by atoms with Gasteiger partial charge in [-0.05, 0) is 30.0 Å². The number of carbonyl (C=O) groups is 5. The van der Waals surface area contributed by atoms with E-state index in [2.05, 4.69) is 5.32 Å². The highest BCUT2D eigenvalue weighted by Crippen LogP contribution is 2.32. The maximum atomic E-state index is 13.8. The van der Waals surface area contributed by atoms with Gasteiger partial charge in [-0.1, -0.05) is 24.3 Å². The van der Waals surface area contributed by atoms with Gasteiger partial charge in [-0.15, -0.1) is 0 Å². The van der Waals surface area contributed by atoms with Gasteiger partial charge in [0.15, 0.2) is 0 Å². The number of hydrogen-bond acceptors (Lipinski definition) is 8. The molecule has 0 spiro atoms. The molecule has 2 heterocycles. The Balaban J connectivity index is 1.35. The van der Waals surface area contributed by atoms with Crippen LogP contribution in [-0.4, -0.2) is 63.2 Å². The number of nitro benzene ring substituents is 1. The SMILES string of the molecule is O=C(CN1C(=O)c2cccc([N+](=O)[O-])c2C1=O)NCCN1C(=O)S/C(=C\c2ccccc2F)C1=O. The highest BCUT2D eigenvalue weighted by atomic mass is 32.2. The van der Waals surface area contributed by atoms with E-state index in [0.29, 0.717) is 16.7 Å². The van der Waals surface area contributed by atoms with Gasteiger partial charge < -0.3 is 5.32 Å². The number of imide groups is 2. The second-order valence-corrected chi connectivity index (χ2v) is 8.35. The molecule has 0 atom stereocenters. The van der Waals surface area contributed by atoms with E-state index in [0.717, 1.165) is 11.0 Å². The van der Waals surface area contributed by atoms with Gasteiger partial charge in [0.1, 0.15) is 17.9 Å². The van der Waals surface area contributed by atoms with Gasteiger partial charge >= 0.3 is 0 Å². The third-order valence-corrected chi connectivity index (χ3v) is 6.11. The second kappa shape index (κ2) is 9.46. The lowest BCUT2D eigenvalue weighted by Gasteiger charge is -2.15. The van der Waals surface area contributed by atoms with Gasteiger partial charge in [0.2, 0.25) is 5.91 Å². The van der Waals surface area contributed by atoms with Gasteiger partial charge in [-0.3, -0.25) is 43.9 Å². The van der Waals surface area contributed by atoms with E-state index < -0.39 is 51.8 Å². The van der Waals surface area contributed by atoms with Crippen LogP contribution in [0.4, 0.5) is 14.9 Å². The summed E-state index contributed by atoms with van der Waals surface area (Å²) in [6.07, 6.45) is 1.26. The lowest BCUT2D eigenvalue weighted by molar-refractivity contribution is -0.385. The van der Waals surface area contributed by atoms with Crippen LogP contribution in [0.15, 0.2) is 47.4 Å². The minimum absolute atomic E-state index is 0.0269. The van der Waals surface area contributed by atoms with Crippen LogP contribution in [0.5, 0.6) is 0 Å². The lowest BCUT2D eigenvalue weighted by Crippen LogP contribution is -2.43. The number of amides is 5. The maximum absolute atomic E-state index is 13.8. The zero-order valence-corrected chi connectivity index (χ0v) is 18.5. The predicted molar refractivity (Wildman–Crippen MR) is 121 cm³/mol. The molecule has 0 radical (unpaired) electrons. The fourth-order valence-electron chi connectivity index (χ4n) is 3.54. The van der Waals surface area contributed by atoms with Crippen LogP contribution in [0, 0.1) is 15.9 Å². The summed E-state index contributed by atoms with van der Waals surface area (Å²) in [6.45, 7) is -1.07. The minimum atomic E-state index is -0.961. The standard InChI is InChI=1S/C22H15FN4O7S/c23-14-6-2-1-4-12(14)10-16-20(30)25(22(32)35-16)9-8-24-17(28)11-26-19(29)13-5-3-7-15(27(33)34)18(13)21(26)31/h1-7,10H,8-9,11H2,(H,24,28)/b16-10-. The van der Waals surface area contributed by atoms with E-state index in [4.69, 9.17) is 0 Å². The van der Waals surface area contributed by atoms with E-state index in [9.17, 15) is 38.5 Å². The molecule has 1 saturated heterocycles. The molecule has 178 valence electrons. The number of halogens is 1. The van der Waals surface area contributed by atoms with Crippen LogP contribution in [0.25, 0.3) is 6.08 Å². The zero-order chi connectivity index (χ0) is 25.3. The molecule has 13 heteroatoms. The van der Waals surface area contributed by atoms with Crippen LogP contribution in [0.3, 0.4) is 0 Å². The van der Waals surface area contributed by atoms with E-state index in [1.165, 1.54) is 36.4 Å². The van der Waals surface area contributed by atoms with Gasteiger partial charge in [0, 0.05) is 24.7 Å². The molecule has 2 aliphatic rings. The number of hydrogen-bond donors (Lipinski definition) is 1. The first kappa shape index (κ1) is 23.8. The Labute approximate surface area is 200 Å². The first-order valence-electron chi connectivity index (χ1n) is 10.1.